The number of nitrogens with one attached hydrogen (secondary N) is 1. The zero-order chi connectivity index (χ0) is 15.4. The highest BCUT2D eigenvalue weighted by Crippen LogP contribution is 2.25. The highest BCUT2D eigenvalue weighted by Gasteiger charge is 2.16. The van der Waals surface area contributed by atoms with Crippen molar-refractivity contribution in [1.82, 2.24) is 9.78 Å². The van der Waals surface area contributed by atoms with Crippen molar-refractivity contribution < 1.29 is 27.1 Å². The summed E-state index contributed by atoms with van der Waals surface area (Å²) in [6, 6.07) is 6.59. The van der Waals surface area contributed by atoms with E-state index in [1.165, 1.54) is 24.3 Å². The Kier molecular flexibility index (Phi) is 4.41. The van der Waals surface area contributed by atoms with Crippen LogP contribution < -0.4 is 10.1 Å². The average Bonchev–Trinajstić information content (AvgIpc) is 2.90. The fraction of sp³-hybridized carbons (Fsp3) is 0.167. The van der Waals surface area contributed by atoms with Crippen molar-refractivity contribution in [3.05, 3.63) is 42.2 Å². The average molecular weight is 303 g/mol. The predicted molar refractivity (Wildman–Crippen MR) is 64.5 cm³/mol. The first kappa shape index (κ1) is 14.8. The molecule has 21 heavy (non-hydrogen) atoms. The minimum absolute atomic E-state index is 0.0191. The Labute approximate surface area is 116 Å². The maximum atomic E-state index is 12.3. The fourth-order valence-corrected chi connectivity index (χ4v) is 1.52. The summed E-state index contributed by atoms with van der Waals surface area (Å²) in [5.41, 5.74) is -0.295. The number of carbonyl (C=O) groups is 1. The molecule has 2 rings (SSSR count). The van der Waals surface area contributed by atoms with E-state index < -0.39 is 19.1 Å². The Morgan fingerprint density at radius 2 is 1.90 bits per heavy atom. The van der Waals surface area contributed by atoms with Crippen molar-refractivity contribution in [1.29, 1.82) is 0 Å². The molecule has 0 unspecified atom stereocenters. The number of hydrogen-bond acceptors (Lipinski definition) is 3. The molecular formula is C12H9F4N3O2. The van der Waals surface area contributed by atoms with E-state index in [9.17, 15) is 22.4 Å². The van der Waals surface area contributed by atoms with Gasteiger partial charge in [-0.25, -0.2) is 4.68 Å². The number of rotatable bonds is 5. The van der Waals surface area contributed by atoms with Crippen molar-refractivity contribution >= 4 is 11.6 Å². The van der Waals surface area contributed by atoms with Crippen LogP contribution in [0.25, 0.3) is 0 Å². The Bertz CT molecular complexity index is 630. The Hall–Kier alpha value is -2.58. The first-order valence-corrected chi connectivity index (χ1v) is 5.66. The third-order valence-corrected chi connectivity index (χ3v) is 2.39. The summed E-state index contributed by atoms with van der Waals surface area (Å²) in [6.07, 6.45) is 0.932. The molecule has 0 saturated heterocycles. The molecule has 0 aliphatic carbocycles. The number of para-hydroxylation sites is 2. The molecule has 1 heterocycles. The van der Waals surface area contributed by atoms with Gasteiger partial charge in [-0.05, 0) is 18.2 Å². The number of hydrogen-bond donors (Lipinski definition) is 1. The third kappa shape index (κ3) is 3.71. The molecule has 0 radical (unpaired) electrons. The Balaban J connectivity index is 2.15. The minimum atomic E-state index is -3.05. The summed E-state index contributed by atoms with van der Waals surface area (Å²) >= 11 is 0. The monoisotopic (exact) mass is 303 g/mol. The van der Waals surface area contributed by atoms with Gasteiger partial charge in [0.1, 0.15) is 5.75 Å². The second-order valence-electron chi connectivity index (χ2n) is 3.79. The molecule has 0 saturated carbocycles. The fourth-order valence-electron chi connectivity index (χ4n) is 1.52. The highest BCUT2D eigenvalue weighted by atomic mass is 19.3. The summed E-state index contributed by atoms with van der Waals surface area (Å²) in [7, 11) is 0. The molecule has 5 nitrogen and oxygen atoms in total. The lowest BCUT2D eigenvalue weighted by Crippen LogP contribution is -2.15. The lowest BCUT2D eigenvalue weighted by molar-refractivity contribution is -0.0493. The zero-order valence-corrected chi connectivity index (χ0v) is 10.3. The van der Waals surface area contributed by atoms with Crippen LogP contribution in [0.1, 0.15) is 17.0 Å². The van der Waals surface area contributed by atoms with Crippen LogP contribution >= 0.6 is 0 Å². The molecule has 2 aromatic rings. The summed E-state index contributed by atoms with van der Waals surface area (Å²) in [5, 5.41) is 5.63. The molecule has 1 N–H and O–H groups in total. The maximum absolute atomic E-state index is 12.3. The second kappa shape index (κ2) is 6.25. The smallest absolute Gasteiger partial charge is 0.387 e. The number of ether oxygens (including phenoxy) is 1. The number of benzene rings is 1. The number of amides is 1. The number of alkyl halides is 4. The zero-order valence-electron chi connectivity index (χ0n) is 10.3. The van der Waals surface area contributed by atoms with Gasteiger partial charge in [0.05, 0.1) is 5.69 Å². The van der Waals surface area contributed by atoms with Gasteiger partial charge >= 0.3 is 13.2 Å². The number of aromatic nitrogens is 2. The summed E-state index contributed by atoms with van der Waals surface area (Å²) in [4.78, 5) is 11.8. The van der Waals surface area contributed by atoms with Crippen LogP contribution in [0.5, 0.6) is 5.75 Å². The highest BCUT2D eigenvalue weighted by molar-refractivity contribution is 6.03. The van der Waals surface area contributed by atoms with Crippen molar-refractivity contribution in [2.75, 3.05) is 5.32 Å². The molecule has 1 amide bonds. The van der Waals surface area contributed by atoms with E-state index >= 15 is 0 Å². The van der Waals surface area contributed by atoms with E-state index in [2.05, 4.69) is 15.2 Å². The van der Waals surface area contributed by atoms with Crippen molar-refractivity contribution in [3.63, 3.8) is 0 Å². The van der Waals surface area contributed by atoms with E-state index in [1.54, 1.807) is 0 Å². The Morgan fingerprint density at radius 3 is 2.52 bits per heavy atom. The quantitative estimate of drug-likeness (QED) is 0.863. The molecule has 0 spiro atoms. The normalized spacial score (nSPS) is 11.0. The van der Waals surface area contributed by atoms with Crippen molar-refractivity contribution in [3.8, 4) is 5.75 Å². The van der Waals surface area contributed by atoms with E-state index in [0.717, 1.165) is 12.3 Å². The van der Waals surface area contributed by atoms with Crippen LogP contribution in [0, 0.1) is 0 Å². The molecule has 1 aromatic carbocycles. The summed E-state index contributed by atoms with van der Waals surface area (Å²) in [5.74, 6) is -1.06. The van der Waals surface area contributed by atoms with Crippen LogP contribution in [0.2, 0.25) is 0 Å². The third-order valence-electron chi connectivity index (χ3n) is 2.39. The number of nitrogens with zero attached hydrogens (tertiary/aromatic N) is 2. The van der Waals surface area contributed by atoms with Gasteiger partial charge in [0.2, 0.25) is 0 Å². The van der Waals surface area contributed by atoms with Gasteiger partial charge < -0.3 is 10.1 Å². The van der Waals surface area contributed by atoms with Gasteiger partial charge in [0, 0.05) is 6.20 Å². The standard InChI is InChI=1S/C12H9F4N3O2/c13-11(14)19-6-5-8(18-19)10(20)17-7-3-1-2-4-9(7)21-12(15)16/h1-6,11-12H,(H,17,20). The van der Waals surface area contributed by atoms with E-state index in [-0.39, 0.29) is 17.1 Å². The van der Waals surface area contributed by atoms with Gasteiger partial charge in [-0.2, -0.15) is 22.7 Å². The van der Waals surface area contributed by atoms with Gasteiger partial charge in [-0.3, -0.25) is 4.79 Å². The Morgan fingerprint density at radius 1 is 1.19 bits per heavy atom. The minimum Gasteiger partial charge on any atom is -0.433 e. The molecule has 0 fully saturated rings. The van der Waals surface area contributed by atoms with Crippen LogP contribution in [-0.4, -0.2) is 22.3 Å². The number of carbonyl (C=O) groups excluding carboxylic acids is 1. The van der Waals surface area contributed by atoms with Crippen LogP contribution in [0.15, 0.2) is 36.5 Å². The predicted octanol–water partition coefficient (Wildman–Crippen LogP) is 3.13. The largest absolute Gasteiger partial charge is 0.433 e. The summed E-state index contributed by atoms with van der Waals surface area (Å²) < 4.78 is 53.7. The summed E-state index contributed by atoms with van der Waals surface area (Å²) in [6.45, 7) is -5.93. The van der Waals surface area contributed by atoms with E-state index in [4.69, 9.17) is 0 Å². The molecule has 0 aliphatic heterocycles. The van der Waals surface area contributed by atoms with E-state index in [1.807, 2.05) is 0 Å². The van der Waals surface area contributed by atoms with Gasteiger partial charge in [0.25, 0.3) is 5.91 Å². The lowest BCUT2D eigenvalue weighted by atomic mass is 10.3. The first-order chi connectivity index (χ1) is 9.97. The van der Waals surface area contributed by atoms with Crippen molar-refractivity contribution in [2.24, 2.45) is 0 Å². The lowest BCUT2D eigenvalue weighted by Gasteiger charge is -2.10. The molecule has 1 aromatic heterocycles. The molecule has 0 atom stereocenters. The maximum Gasteiger partial charge on any atom is 0.387 e. The topological polar surface area (TPSA) is 56.1 Å². The molecule has 112 valence electrons. The molecular weight excluding hydrogens is 294 g/mol. The van der Waals surface area contributed by atoms with Crippen LogP contribution in [0.3, 0.4) is 0 Å². The van der Waals surface area contributed by atoms with Crippen LogP contribution in [-0.2, 0) is 0 Å². The first-order valence-electron chi connectivity index (χ1n) is 5.66. The van der Waals surface area contributed by atoms with Crippen LogP contribution in [0.4, 0.5) is 23.2 Å². The SMILES string of the molecule is O=C(Nc1ccccc1OC(F)F)c1ccn(C(F)F)n1. The molecule has 0 aliphatic rings. The van der Waals surface area contributed by atoms with Crippen molar-refractivity contribution in [2.45, 2.75) is 13.2 Å². The van der Waals surface area contributed by atoms with Gasteiger partial charge in [0.15, 0.2) is 5.69 Å². The molecule has 0 bridgehead atoms. The number of halogens is 4. The number of anilines is 1. The van der Waals surface area contributed by atoms with E-state index in [0.29, 0.717) is 4.68 Å². The second-order valence-corrected chi connectivity index (χ2v) is 3.79. The van der Waals surface area contributed by atoms with Gasteiger partial charge in [-0.15, -0.1) is 0 Å². The molecule has 9 heteroatoms. The van der Waals surface area contributed by atoms with Gasteiger partial charge in [-0.1, -0.05) is 12.1 Å².